The molecule has 5 nitrogen and oxygen atoms in total. The standard InChI is InChI=1S/C14H16ClN3O2/c1-19-12-8-9(15)5-6-10(12)13-17-14(20-18-13)11-4-2-3-7-16-11/h5-6,8,11,16H,2-4,7H2,1H3. The predicted octanol–water partition coefficient (Wildman–Crippen LogP) is 3.21. The Labute approximate surface area is 122 Å². The summed E-state index contributed by atoms with van der Waals surface area (Å²) in [7, 11) is 1.60. The molecule has 1 N–H and O–H groups in total. The van der Waals surface area contributed by atoms with E-state index < -0.39 is 0 Å². The van der Waals surface area contributed by atoms with Crippen LogP contribution < -0.4 is 10.1 Å². The largest absolute Gasteiger partial charge is 0.496 e. The van der Waals surface area contributed by atoms with Crippen molar-refractivity contribution >= 4 is 11.6 Å². The lowest BCUT2D eigenvalue weighted by Crippen LogP contribution is -2.26. The van der Waals surface area contributed by atoms with Crippen LogP contribution in [0.2, 0.25) is 5.02 Å². The Hall–Kier alpha value is -1.59. The molecule has 1 aliphatic rings. The number of rotatable bonds is 3. The molecule has 0 radical (unpaired) electrons. The molecule has 0 bridgehead atoms. The molecule has 1 saturated heterocycles. The van der Waals surface area contributed by atoms with Crippen molar-refractivity contribution in [1.82, 2.24) is 15.5 Å². The Kier molecular flexibility index (Phi) is 3.89. The number of halogens is 1. The fourth-order valence-electron chi connectivity index (χ4n) is 2.40. The highest BCUT2D eigenvalue weighted by Crippen LogP contribution is 2.31. The second kappa shape index (κ2) is 5.81. The maximum atomic E-state index is 5.96. The lowest BCUT2D eigenvalue weighted by Gasteiger charge is -2.19. The molecule has 0 spiro atoms. The van der Waals surface area contributed by atoms with E-state index in [4.69, 9.17) is 20.9 Å². The molecule has 1 atom stereocenters. The van der Waals surface area contributed by atoms with Gasteiger partial charge < -0.3 is 14.6 Å². The summed E-state index contributed by atoms with van der Waals surface area (Å²) in [6, 6.07) is 5.52. The zero-order valence-electron chi connectivity index (χ0n) is 11.2. The fourth-order valence-corrected chi connectivity index (χ4v) is 2.56. The van der Waals surface area contributed by atoms with Crippen LogP contribution in [0.15, 0.2) is 22.7 Å². The third-order valence-electron chi connectivity index (χ3n) is 3.45. The van der Waals surface area contributed by atoms with E-state index in [0.29, 0.717) is 22.5 Å². The molecule has 2 heterocycles. The van der Waals surface area contributed by atoms with Crippen molar-refractivity contribution in [2.75, 3.05) is 13.7 Å². The highest BCUT2D eigenvalue weighted by molar-refractivity contribution is 6.30. The Morgan fingerprint density at radius 3 is 3.05 bits per heavy atom. The molecule has 0 aliphatic carbocycles. The number of hydrogen-bond donors (Lipinski definition) is 1. The van der Waals surface area contributed by atoms with Gasteiger partial charge in [0.1, 0.15) is 5.75 Å². The van der Waals surface area contributed by atoms with Crippen LogP contribution in [0.25, 0.3) is 11.4 Å². The van der Waals surface area contributed by atoms with Gasteiger partial charge in [-0.25, -0.2) is 0 Å². The van der Waals surface area contributed by atoms with Crippen LogP contribution in [0, 0.1) is 0 Å². The summed E-state index contributed by atoms with van der Waals surface area (Å²) in [6.07, 6.45) is 3.40. The van der Waals surface area contributed by atoms with Crippen molar-refractivity contribution in [2.45, 2.75) is 25.3 Å². The van der Waals surface area contributed by atoms with Gasteiger partial charge in [0.15, 0.2) is 0 Å². The molecule has 1 unspecified atom stereocenters. The van der Waals surface area contributed by atoms with Gasteiger partial charge in [0, 0.05) is 5.02 Å². The molecule has 6 heteroatoms. The highest BCUT2D eigenvalue weighted by atomic mass is 35.5. The van der Waals surface area contributed by atoms with Gasteiger partial charge in [-0.3, -0.25) is 0 Å². The van der Waals surface area contributed by atoms with E-state index in [9.17, 15) is 0 Å². The van der Waals surface area contributed by atoms with Crippen molar-refractivity contribution in [1.29, 1.82) is 0 Å². The average molecular weight is 294 g/mol. The van der Waals surface area contributed by atoms with E-state index in [1.807, 2.05) is 6.07 Å². The minimum absolute atomic E-state index is 0.156. The van der Waals surface area contributed by atoms with E-state index >= 15 is 0 Å². The van der Waals surface area contributed by atoms with Crippen molar-refractivity contribution in [3.8, 4) is 17.1 Å². The normalized spacial score (nSPS) is 19.0. The maximum absolute atomic E-state index is 5.96. The highest BCUT2D eigenvalue weighted by Gasteiger charge is 2.22. The lowest BCUT2D eigenvalue weighted by atomic mass is 10.1. The predicted molar refractivity (Wildman–Crippen MR) is 75.9 cm³/mol. The van der Waals surface area contributed by atoms with Crippen molar-refractivity contribution in [3.63, 3.8) is 0 Å². The van der Waals surface area contributed by atoms with Crippen LogP contribution in [0.1, 0.15) is 31.2 Å². The Morgan fingerprint density at radius 1 is 1.40 bits per heavy atom. The third kappa shape index (κ3) is 2.64. The Balaban J connectivity index is 1.89. The molecule has 1 fully saturated rings. The number of benzene rings is 1. The number of aromatic nitrogens is 2. The molecule has 20 heavy (non-hydrogen) atoms. The van der Waals surface area contributed by atoms with Gasteiger partial charge in [-0.15, -0.1) is 0 Å². The molecule has 1 aliphatic heterocycles. The van der Waals surface area contributed by atoms with Crippen LogP contribution in [-0.4, -0.2) is 23.8 Å². The van der Waals surface area contributed by atoms with Crippen molar-refractivity contribution < 1.29 is 9.26 Å². The van der Waals surface area contributed by atoms with E-state index in [2.05, 4.69) is 15.5 Å². The Bertz CT molecular complexity index is 594. The molecule has 1 aromatic carbocycles. The summed E-state index contributed by atoms with van der Waals surface area (Å²) in [4.78, 5) is 4.48. The minimum atomic E-state index is 0.156. The fraction of sp³-hybridized carbons (Fsp3) is 0.429. The number of nitrogens with zero attached hydrogens (tertiary/aromatic N) is 2. The Morgan fingerprint density at radius 2 is 2.30 bits per heavy atom. The zero-order valence-corrected chi connectivity index (χ0v) is 12.0. The summed E-state index contributed by atoms with van der Waals surface area (Å²) in [5, 5.41) is 8.05. The van der Waals surface area contributed by atoms with Crippen LogP contribution in [0.4, 0.5) is 0 Å². The number of hydrogen-bond acceptors (Lipinski definition) is 5. The van der Waals surface area contributed by atoms with Gasteiger partial charge in [0.25, 0.3) is 0 Å². The quantitative estimate of drug-likeness (QED) is 0.941. The molecule has 2 aromatic rings. The molecular weight excluding hydrogens is 278 g/mol. The molecule has 1 aromatic heterocycles. The van der Waals surface area contributed by atoms with Crippen molar-refractivity contribution in [2.24, 2.45) is 0 Å². The van der Waals surface area contributed by atoms with Crippen LogP contribution in [0.3, 0.4) is 0 Å². The van der Waals surface area contributed by atoms with E-state index in [-0.39, 0.29) is 6.04 Å². The van der Waals surface area contributed by atoms with E-state index in [0.717, 1.165) is 18.5 Å². The molecule has 0 saturated carbocycles. The zero-order chi connectivity index (χ0) is 13.9. The first kappa shape index (κ1) is 13.4. The van der Waals surface area contributed by atoms with Gasteiger partial charge in [0.2, 0.25) is 11.7 Å². The first-order valence-corrected chi connectivity index (χ1v) is 7.06. The second-order valence-electron chi connectivity index (χ2n) is 4.80. The van der Waals surface area contributed by atoms with Crippen LogP contribution in [-0.2, 0) is 0 Å². The number of nitrogens with one attached hydrogen (secondary N) is 1. The lowest BCUT2D eigenvalue weighted by molar-refractivity contribution is 0.297. The number of methoxy groups -OCH3 is 1. The number of ether oxygens (including phenoxy) is 1. The summed E-state index contributed by atoms with van der Waals surface area (Å²) in [6.45, 7) is 0.993. The summed E-state index contributed by atoms with van der Waals surface area (Å²) >= 11 is 5.96. The monoisotopic (exact) mass is 293 g/mol. The summed E-state index contributed by atoms with van der Waals surface area (Å²) in [5.74, 6) is 1.80. The SMILES string of the molecule is COc1cc(Cl)ccc1-c1noc(C2CCCCN2)n1. The first-order valence-electron chi connectivity index (χ1n) is 6.69. The van der Waals surface area contributed by atoms with Gasteiger partial charge >= 0.3 is 0 Å². The number of piperidine rings is 1. The topological polar surface area (TPSA) is 60.2 Å². The van der Waals surface area contributed by atoms with E-state index in [1.54, 1.807) is 19.2 Å². The molecular formula is C14H16ClN3O2. The molecule has 106 valence electrons. The van der Waals surface area contributed by atoms with Crippen LogP contribution >= 0.6 is 11.6 Å². The maximum Gasteiger partial charge on any atom is 0.244 e. The molecule has 3 rings (SSSR count). The third-order valence-corrected chi connectivity index (χ3v) is 3.69. The molecule has 0 amide bonds. The summed E-state index contributed by atoms with van der Waals surface area (Å²) in [5.41, 5.74) is 0.780. The van der Waals surface area contributed by atoms with Gasteiger partial charge in [0.05, 0.1) is 18.7 Å². The van der Waals surface area contributed by atoms with Crippen molar-refractivity contribution in [3.05, 3.63) is 29.1 Å². The second-order valence-corrected chi connectivity index (χ2v) is 5.24. The van der Waals surface area contributed by atoms with Crippen LogP contribution in [0.5, 0.6) is 5.75 Å². The first-order chi connectivity index (χ1) is 9.78. The smallest absolute Gasteiger partial charge is 0.244 e. The van der Waals surface area contributed by atoms with E-state index in [1.165, 1.54) is 12.8 Å². The minimum Gasteiger partial charge on any atom is -0.496 e. The summed E-state index contributed by atoms with van der Waals surface area (Å²) < 4.78 is 10.7. The van der Waals surface area contributed by atoms with Gasteiger partial charge in [-0.2, -0.15) is 4.98 Å². The van der Waals surface area contributed by atoms with Gasteiger partial charge in [-0.05, 0) is 37.6 Å². The van der Waals surface area contributed by atoms with Gasteiger partial charge in [-0.1, -0.05) is 23.2 Å². The average Bonchev–Trinajstić information content (AvgIpc) is 2.97.